The first-order valence-electron chi connectivity index (χ1n) is 4.25. The molecule has 0 aromatic heterocycles. The van der Waals surface area contributed by atoms with Crippen LogP contribution in [0.15, 0.2) is 30.3 Å². The summed E-state index contributed by atoms with van der Waals surface area (Å²) in [5, 5.41) is 0.0509. The van der Waals surface area contributed by atoms with E-state index in [0.717, 1.165) is 0 Å². The van der Waals surface area contributed by atoms with Gasteiger partial charge in [0.05, 0.1) is 6.54 Å². The predicted octanol–water partition coefficient (Wildman–Crippen LogP) is 2.02. The van der Waals surface area contributed by atoms with E-state index in [4.69, 9.17) is 5.73 Å². The average Bonchev–Trinajstić information content (AvgIpc) is 2.16. The lowest BCUT2D eigenvalue weighted by molar-refractivity contribution is -0.400. The number of halogens is 3. The summed E-state index contributed by atoms with van der Waals surface area (Å²) in [7, 11) is 0. The largest absolute Gasteiger partial charge is 0.544 e. The summed E-state index contributed by atoms with van der Waals surface area (Å²) in [6.45, 7) is -0.365. The minimum atomic E-state index is -4.94. The van der Waals surface area contributed by atoms with Crippen LogP contribution in [0.3, 0.4) is 0 Å². The Bertz CT molecular complexity index is 354. The molecule has 0 saturated heterocycles. The highest BCUT2D eigenvalue weighted by Crippen LogP contribution is 2.19. The van der Waals surface area contributed by atoms with E-state index < -0.39 is 12.4 Å². The van der Waals surface area contributed by atoms with Gasteiger partial charge in [0.2, 0.25) is 0 Å². The van der Waals surface area contributed by atoms with Crippen LogP contribution in [-0.4, -0.2) is 17.5 Å². The minimum absolute atomic E-state index is 0.0509. The molecule has 0 aliphatic heterocycles. The highest BCUT2D eigenvalue weighted by atomic mass is 19.4. The normalized spacial score (nSPS) is 11.2. The van der Waals surface area contributed by atoms with Crippen LogP contribution in [0.4, 0.5) is 18.0 Å². The molecule has 1 aromatic carbocycles. The second-order valence-electron chi connectivity index (χ2n) is 2.90. The smallest absolute Gasteiger partial charge is 0.350 e. The van der Waals surface area contributed by atoms with E-state index in [0.29, 0.717) is 5.56 Å². The Balaban J connectivity index is 2.70. The number of nitrogens with two attached hydrogens (primary N) is 1. The average molecular weight is 234 g/mol. The fourth-order valence-corrected chi connectivity index (χ4v) is 1.03. The number of carbonyl (C=O) groups is 1. The molecule has 0 radical (unpaired) electrons. The molecule has 0 heterocycles. The summed E-state index contributed by atoms with van der Waals surface area (Å²) < 4.78 is 35.7. The first-order chi connectivity index (χ1) is 7.38. The number of hydrogen-bond acceptors (Lipinski definition) is 2. The summed E-state index contributed by atoms with van der Waals surface area (Å²) >= 11 is 0. The standard InChI is InChI=1S/C9H9F3N2O2/c10-9(11,12)16-14(8(13)15)6-7-4-2-1-3-5-7/h1-5H,6H2,(H2,13,15). The van der Waals surface area contributed by atoms with Gasteiger partial charge in [0, 0.05) is 0 Å². The van der Waals surface area contributed by atoms with Crippen LogP contribution in [-0.2, 0) is 11.4 Å². The number of hydroxylamine groups is 2. The summed E-state index contributed by atoms with van der Waals surface area (Å²) in [4.78, 5) is 14.2. The third kappa shape index (κ3) is 4.18. The highest BCUT2D eigenvalue weighted by molar-refractivity contribution is 5.70. The lowest BCUT2D eigenvalue weighted by Gasteiger charge is -2.20. The van der Waals surface area contributed by atoms with Crippen molar-refractivity contribution >= 4 is 6.03 Å². The number of amides is 2. The molecular formula is C9H9F3N2O2. The summed E-state index contributed by atoms with van der Waals surface area (Å²) in [6, 6.07) is 6.75. The van der Waals surface area contributed by atoms with Gasteiger partial charge in [-0.05, 0) is 5.56 Å². The van der Waals surface area contributed by atoms with Gasteiger partial charge in [0.15, 0.2) is 0 Å². The Hall–Kier alpha value is -1.76. The van der Waals surface area contributed by atoms with Gasteiger partial charge in [-0.1, -0.05) is 30.3 Å². The number of nitrogens with zero attached hydrogens (tertiary/aromatic N) is 1. The molecule has 2 amide bonds. The maximum Gasteiger partial charge on any atom is 0.544 e. The van der Waals surface area contributed by atoms with Crippen LogP contribution < -0.4 is 5.73 Å². The molecule has 1 aromatic rings. The van der Waals surface area contributed by atoms with Crippen molar-refractivity contribution in [2.75, 3.05) is 0 Å². The molecular weight excluding hydrogens is 225 g/mol. The van der Waals surface area contributed by atoms with Gasteiger partial charge in [-0.2, -0.15) is 9.90 Å². The van der Waals surface area contributed by atoms with E-state index in [1.807, 2.05) is 0 Å². The van der Waals surface area contributed by atoms with Crippen LogP contribution in [0, 0.1) is 0 Å². The molecule has 7 heteroatoms. The van der Waals surface area contributed by atoms with Crippen LogP contribution in [0.5, 0.6) is 0 Å². The zero-order valence-corrected chi connectivity index (χ0v) is 8.07. The zero-order valence-electron chi connectivity index (χ0n) is 8.07. The highest BCUT2D eigenvalue weighted by Gasteiger charge is 2.35. The Morgan fingerprint density at radius 3 is 2.31 bits per heavy atom. The number of benzene rings is 1. The Kier molecular flexibility index (Phi) is 3.73. The van der Waals surface area contributed by atoms with E-state index in [2.05, 4.69) is 4.84 Å². The molecule has 1 rings (SSSR count). The summed E-state index contributed by atoms with van der Waals surface area (Å²) in [6.07, 6.45) is -4.94. The summed E-state index contributed by atoms with van der Waals surface area (Å²) in [5.41, 5.74) is 5.23. The van der Waals surface area contributed by atoms with Crippen molar-refractivity contribution in [2.45, 2.75) is 12.9 Å². The molecule has 0 saturated carbocycles. The predicted molar refractivity (Wildman–Crippen MR) is 48.7 cm³/mol. The number of urea groups is 1. The lowest BCUT2D eigenvalue weighted by atomic mass is 10.2. The third-order valence-electron chi connectivity index (χ3n) is 1.63. The molecule has 4 nitrogen and oxygen atoms in total. The number of carbonyl (C=O) groups excluding carboxylic acids is 1. The molecule has 0 aliphatic rings. The molecule has 16 heavy (non-hydrogen) atoms. The topological polar surface area (TPSA) is 55.6 Å². The maximum absolute atomic E-state index is 11.9. The van der Waals surface area contributed by atoms with Crippen molar-refractivity contribution in [2.24, 2.45) is 5.73 Å². The fraction of sp³-hybridized carbons (Fsp3) is 0.222. The quantitative estimate of drug-likeness (QED) is 0.813. The van der Waals surface area contributed by atoms with Gasteiger partial charge in [-0.25, -0.2) is 4.79 Å². The molecule has 0 spiro atoms. The van der Waals surface area contributed by atoms with Gasteiger partial charge < -0.3 is 5.73 Å². The molecule has 0 bridgehead atoms. The molecule has 2 N–H and O–H groups in total. The molecule has 0 atom stereocenters. The Labute approximate surface area is 89.4 Å². The second kappa shape index (κ2) is 4.84. The Morgan fingerprint density at radius 2 is 1.88 bits per heavy atom. The summed E-state index contributed by atoms with van der Waals surface area (Å²) in [5.74, 6) is 0. The second-order valence-corrected chi connectivity index (χ2v) is 2.90. The van der Waals surface area contributed by atoms with Crippen molar-refractivity contribution in [1.29, 1.82) is 0 Å². The maximum atomic E-state index is 11.9. The monoisotopic (exact) mass is 234 g/mol. The third-order valence-corrected chi connectivity index (χ3v) is 1.63. The van der Waals surface area contributed by atoms with Gasteiger partial charge in [-0.15, -0.1) is 13.2 Å². The van der Waals surface area contributed by atoms with E-state index in [1.54, 1.807) is 30.3 Å². The van der Waals surface area contributed by atoms with Crippen molar-refractivity contribution in [1.82, 2.24) is 5.06 Å². The molecule has 0 unspecified atom stereocenters. The van der Waals surface area contributed by atoms with Crippen molar-refractivity contribution < 1.29 is 22.8 Å². The van der Waals surface area contributed by atoms with Gasteiger partial charge in [-0.3, -0.25) is 0 Å². The van der Waals surface area contributed by atoms with Crippen LogP contribution >= 0.6 is 0 Å². The lowest BCUT2D eigenvalue weighted by Crippen LogP contribution is -2.39. The van der Waals surface area contributed by atoms with Crippen LogP contribution in [0.1, 0.15) is 5.56 Å². The minimum Gasteiger partial charge on any atom is -0.350 e. The first kappa shape index (κ1) is 12.3. The fourth-order valence-electron chi connectivity index (χ4n) is 1.03. The van der Waals surface area contributed by atoms with Crippen molar-refractivity contribution in [3.8, 4) is 0 Å². The zero-order chi connectivity index (χ0) is 12.2. The van der Waals surface area contributed by atoms with Gasteiger partial charge in [0.1, 0.15) is 0 Å². The Morgan fingerprint density at radius 1 is 1.31 bits per heavy atom. The van der Waals surface area contributed by atoms with E-state index in [-0.39, 0.29) is 11.6 Å². The van der Waals surface area contributed by atoms with E-state index in [1.165, 1.54) is 0 Å². The van der Waals surface area contributed by atoms with Crippen molar-refractivity contribution in [3.63, 3.8) is 0 Å². The molecule has 0 aliphatic carbocycles. The van der Waals surface area contributed by atoms with Gasteiger partial charge in [0.25, 0.3) is 0 Å². The first-order valence-corrected chi connectivity index (χ1v) is 4.25. The number of alkyl halides is 3. The number of hydrogen-bond donors (Lipinski definition) is 1. The molecule has 0 fully saturated rings. The van der Waals surface area contributed by atoms with Crippen molar-refractivity contribution in [3.05, 3.63) is 35.9 Å². The van der Waals surface area contributed by atoms with E-state index in [9.17, 15) is 18.0 Å². The van der Waals surface area contributed by atoms with E-state index >= 15 is 0 Å². The number of rotatable bonds is 3. The molecule has 88 valence electrons. The SMILES string of the molecule is NC(=O)N(Cc1ccccc1)OC(F)(F)F. The van der Waals surface area contributed by atoms with Crippen LogP contribution in [0.2, 0.25) is 0 Å². The van der Waals surface area contributed by atoms with Gasteiger partial charge >= 0.3 is 12.4 Å². The van der Waals surface area contributed by atoms with Crippen LogP contribution in [0.25, 0.3) is 0 Å². The number of primary amides is 1.